The van der Waals surface area contributed by atoms with Crippen LogP contribution in [0.15, 0.2) is 29.8 Å². The van der Waals surface area contributed by atoms with Gasteiger partial charge in [0.1, 0.15) is 5.75 Å². The SMILES string of the molecule is CN(C)CC1CC/C(=C\c2ccc(O)cc2)C1=O.Cl. The number of hydrogen-bond donors (Lipinski definition) is 1. The molecule has 0 saturated heterocycles. The van der Waals surface area contributed by atoms with Crippen LogP contribution >= 0.6 is 12.4 Å². The molecule has 0 spiro atoms. The number of benzene rings is 1. The zero-order valence-corrected chi connectivity index (χ0v) is 12.1. The fraction of sp³-hybridized carbons (Fsp3) is 0.400. The predicted octanol–water partition coefficient (Wildman–Crippen LogP) is 2.74. The van der Waals surface area contributed by atoms with Gasteiger partial charge in [0.25, 0.3) is 0 Å². The van der Waals surface area contributed by atoms with Gasteiger partial charge in [0, 0.05) is 12.5 Å². The molecule has 4 heteroatoms. The van der Waals surface area contributed by atoms with Crippen molar-refractivity contribution in [2.45, 2.75) is 12.8 Å². The minimum atomic E-state index is 0. The van der Waals surface area contributed by atoms with Gasteiger partial charge in [-0.2, -0.15) is 0 Å². The average Bonchev–Trinajstić information content (AvgIpc) is 2.64. The fourth-order valence-corrected chi connectivity index (χ4v) is 2.38. The van der Waals surface area contributed by atoms with Crippen LogP contribution < -0.4 is 0 Å². The molecule has 1 unspecified atom stereocenters. The summed E-state index contributed by atoms with van der Waals surface area (Å²) in [5, 5.41) is 9.22. The van der Waals surface area contributed by atoms with Gasteiger partial charge in [-0.25, -0.2) is 0 Å². The van der Waals surface area contributed by atoms with Crippen LogP contribution in [0, 0.1) is 5.92 Å². The summed E-state index contributed by atoms with van der Waals surface area (Å²) >= 11 is 0. The number of hydrogen-bond acceptors (Lipinski definition) is 3. The van der Waals surface area contributed by atoms with Crippen molar-refractivity contribution in [3.63, 3.8) is 0 Å². The number of phenols is 1. The molecule has 104 valence electrons. The molecular weight excluding hydrogens is 262 g/mol. The van der Waals surface area contributed by atoms with Crippen LogP contribution in [-0.4, -0.2) is 36.4 Å². The van der Waals surface area contributed by atoms with E-state index in [0.717, 1.165) is 30.5 Å². The number of rotatable bonds is 3. The Balaban J connectivity index is 0.00000180. The van der Waals surface area contributed by atoms with E-state index in [1.807, 2.05) is 32.3 Å². The first kappa shape index (κ1) is 15.7. The van der Waals surface area contributed by atoms with Gasteiger partial charge < -0.3 is 10.0 Å². The molecule has 1 aliphatic carbocycles. The van der Waals surface area contributed by atoms with Crippen molar-refractivity contribution in [2.24, 2.45) is 5.92 Å². The largest absolute Gasteiger partial charge is 0.508 e. The second-order valence-corrected chi connectivity index (χ2v) is 5.12. The highest BCUT2D eigenvalue weighted by atomic mass is 35.5. The van der Waals surface area contributed by atoms with E-state index in [0.29, 0.717) is 0 Å². The molecule has 1 saturated carbocycles. The van der Waals surface area contributed by atoms with E-state index in [9.17, 15) is 9.90 Å². The molecule has 2 rings (SSSR count). The fourth-order valence-electron chi connectivity index (χ4n) is 2.38. The molecule has 1 N–H and O–H groups in total. The van der Waals surface area contributed by atoms with E-state index in [1.165, 1.54) is 0 Å². The van der Waals surface area contributed by atoms with Crippen LogP contribution in [0.4, 0.5) is 0 Å². The zero-order valence-electron chi connectivity index (χ0n) is 11.3. The Bertz CT molecular complexity index is 466. The maximum atomic E-state index is 12.2. The third-order valence-corrected chi connectivity index (χ3v) is 3.27. The second-order valence-electron chi connectivity index (χ2n) is 5.12. The number of allylic oxidation sites excluding steroid dienone is 1. The van der Waals surface area contributed by atoms with Crippen molar-refractivity contribution in [3.05, 3.63) is 35.4 Å². The molecule has 1 fully saturated rings. The monoisotopic (exact) mass is 281 g/mol. The Morgan fingerprint density at radius 3 is 2.53 bits per heavy atom. The Morgan fingerprint density at radius 2 is 1.95 bits per heavy atom. The molecule has 19 heavy (non-hydrogen) atoms. The molecule has 0 amide bonds. The van der Waals surface area contributed by atoms with Crippen LogP contribution in [0.3, 0.4) is 0 Å². The van der Waals surface area contributed by atoms with Crippen molar-refractivity contribution < 1.29 is 9.90 Å². The standard InChI is InChI=1S/C15H19NO2.ClH/c1-16(2)10-13-6-5-12(15(13)18)9-11-3-7-14(17)8-4-11;/h3-4,7-9,13,17H,5-6,10H2,1-2H3;1H/b12-9+;. The molecule has 0 heterocycles. The Morgan fingerprint density at radius 1 is 1.32 bits per heavy atom. The molecule has 0 bridgehead atoms. The molecule has 1 aromatic rings. The summed E-state index contributed by atoms with van der Waals surface area (Å²) in [6.07, 6.45) is 3.75. The van der Waals surface area contributed by atoms with E-state index in [2.05, 4.69) is 4.90 Å². The lowest BCUT2D eigenvalue weighted by Crippen LogP contribution is -2.24. The minimum absolute atomic E-state index is 0. The number of aromatic hydroxyl groups is 1. The van der Waals surface area contributed by atoms with Gasteiger partial charge in [-0.3, -0.25) is 4.79 Å². The average molecular weight is 282 g/mol. The molecule has 3 nitrogen and oxygen atoms in total. The molecule has 1 aromatic carbocycles. The normalized spacial score (nSPS) is 20.9. The molecule has 0 aromatic heterocycles. The van der Waals surface area contributed by atoms with Crippen LogP contribution in [-0.2, 0) is 4.79 Å². The van der Waals surface area contributed by atoms with Crippen LogP contribution in [0.5, 0.6) is 5.75 Å². The summed E-state index contributed by atoms with van der Waals surface area (Å²) in [6, 6.07) is 6.94. The van der Waals surface area contributed by atoms with Crippen molar-refractivity contribution in [2.75, 3.05) is 20.6 Å². The van der Waals surface area contributed by atoms with E-state index in [4.69, 9.17) is 0 Å². The number of carbonyl (C=O) groups excluding carboxylic acids is 1. The Kier molecular flexibility index (Phi) is 5.58. The maximum Gasteiger partial charge on any atom is 0.163 e. The van der Waals surface area contributed by atoms with Crippen molar-refractivity contribution in [3.8, 4) is 5.75 Å². The quantitative estimate of drug-likeness (QED) is 0.866. The number of carbonyl (C=O) groups is 1. The topological polar surface area (TPSA) is 40.5 Å². The minimum Gasteiger partial charge on any atom is -0.508 e. The molecule has 1 aliphatic rings. The third-order valence-electron chi connectivity index (χ3n) is 3.27. The number of nitrogens with zero attached hydrogens (tertiary/aromatic N) is 1. The molecule has 1 atom stereocenters. The summed E-state index contributed by atoms with van der Waals surface area (Å²) in [7, 11) is 3.99. The second kappa shape index (κ2) is 6.73. The highest BCUT2D eigenvalue weighted by Crippen LogP contribution is 2.29. The van der Waals surface area contributed by atoms with E-state index in [-0.39, 0.29) is 29.9 Å². The van der Waals surface area contributed by atoms with Gasteiger partial charge in [-0.15, -0.1) is 12.4 Å². The van der Waals surface area contributed by atoms with E-state index in [1.54, 1.807) is 12.1 Å². The third kappa shape index (κ3) is 4.08. The van der Waals surface area contributed by atoms with Gasteiger partial charge in [-0.05, 0) is 56.3 Å². The van der Waals surface area contributed by atoms with Gasteiger partial charge >= 0.3 is 0 Å². The molecular formula is C15H20ClNO2. The lowest BCUT2D eigenvalue weighted by molar-refractivity contribution is -0.118. The number of halogens is 1. The Hall–Kier alpha value is -1.32. The van der Waals surface area contributed by atoms with Crippen LogP contribution in [0.25, 0.3) is 6.08 Å². The van der Waals surface area contributed by atoms with E-state index >= 15 is 0 Å². The van der Waals surface area contributed by atoms with Crippen molar-refractivity contribution in [1.29, 1.82) is 0 Å². The predicted molar refractivity (Wildman–Crippen MR) is 79.6 cm³/mol. The van der Waals surface area contributed by atoms with Crippen LogP contribution in [0.2, 0.25) is 0 Å². The lowest BCUT2D eigenvalue weighted by Gasteiger charge is -2.13. The summed E-state index contributed by atoms with van der Waals surface area (Å²) in [5.74, 6) is 0.667. The Labute approximate surface area is 120 Å². The van der Waals surface area contributed by atoms with Crippen molar-refractivity contribution >= 4 is 24.3 Å². The first-order valence-corrected chi connectivity index (χ1v) is 6.25. The number of phenolic OH excluding ortho intramolecular Hbond substituents is 1. The highest BCUT2D eigenvalue weighted by molar-refractivity contribution is 6.03. The molecule has 0 radical (unpaired) electrons. The summed E-state index contributed by atoms with van der Waals surface area (Å²) in [5.41, 5.74) is 1.88. The number of Topliss-reactive ketones (excluding diaryl/α,β-unsaturated/α-hetero) is 1. The summed E-state index contributed by atoms with van der Waals surface area (Å²) in [6.45, 7) is 0.825. The number of ketones is 1. The maximum absolute atomic E-state index is 12.2. The van der Waals surface area contributed by atoms with Crippen LogP contribution in [0.1, 0.15) is 18.4 Å². The van der Waals surface area contributed by atoms with Gasteiger partial charge in [-0.1, -0.05) is 12.1 Å². The summed E-state index contributed by atoms with van der Waals surface area (Å²) < 4.78 is 0. The highest BCUT2D eigenvalue weighted by Gasteiger charge is 2.29. The first-order chi connectivity index (χ1) is 8.56. The first-order valence-electron chi connectivity index (χ1n) is 6.25. The zero-order chi connectivity index (χ0) is 13.1. The van der Waals surface area contributed by atoms with Gasteiger partial charge in [0.05, 0.1) is 0 Å². The summed E-state index contributed by atoms with van der Waals surface area (Å²) in [4.78, 5) is 14.2. The lowest BCUT2D eigenvalue weighted by atomic mass is 10.0. The van der Waals surface area contributed by atoms with Crippen molar-refractivity contribution in [1.82, 2.24) is 4.90 Å². The molecule has 0 aliphatic heterocycles. The van der Waals surface area contributed by atoms with Gasteiger partial charge in [0.15, 0.2) is 5.78 Å². The van der Waals surface area contributed by atoms with Gasteiger partial charge in [0.2, 0.25) is 0 Å². The smallest absolute Gasteiger partial charge is 0.163 e. The van der Waals surface area contributed by atoms with E-state index < -0.39 is 0 Å².